The Hall–Kier alpha value is -2.21. The predicted molar refractivity (Wildman–Crippen MR) is 88.8 cm³/mol. The fourth-order valence-corrected chi connectivity index (χ4v) is 2.67. The Labute approximate surface area is 144 Å². The average molecular weight is 350 g/mol. The Morgan fingerprint density at radius 3 is 2.75 bits per heavy atom. The lowest BCUT2D eigenvalue weighted by Gasteiger charge is -2.12. The molecule has 0 unspecified atom stereocenters. The lowest BCUT2D eigenvalue weighted by molar-refractivity contribution is 0.0593. The van der Waals surface area contributed by atoms with Gasteiger partial charge in [-0.2, -0.15) is 0 Å². The number of hydrogen-bond acceptors (Lipinski definition) is 5. The highest BCUT2D eigenvalue weighted by atomic mass is 35.5. The van der Waals surface area contributed by atoms with E-state index >= 15 is 0 Å². The summed E-state index contributed by atoms with van der Waals surface area (Å²) in [5, 5.41) is 3.18. The van der Waals surface area contributed by atoms with Gasteiger partial charge in [-0.05, 0) is 43.0 Å². The van der Waals surface area contributed by atoms with E-state index in [9.17, 15) is 9.18 Å². The van der Waals surface area contributed by atoms with Gasteiger partial charge in [0.1, 0.15) is 22.5 Å². The average Bonchev–Trinajstić information content (AvgIpc) is 3.37. The van der Waals surface area contributed by atoms with Crippen molar-refractivity contribution >= 4 is 23.4 Å². The minimum atomic E-state index is -0.603. The third-order valence-electron chi connectivity index (χ3n) is 3.75. The molecule has 24 heavy (non-hydrogen) atoms. The maximum absolute atomic E-state index is 13.5. The van der Waals surface area contributed by atoms with Gasteiger partial charge in [-0.3, -0.25) is 0 Å². The molecule has 0 saturated heterocycles. The number of esters is 1. The standard InChI is InChI=1S/C17H17ClFN3O2/c1-9-5-10(7-12(19)6-9)8-20-16-13(18)14(17(23)24-2)21-15(22-16)11-3-4-11/h5-7,11H,3-4,8H2,1-2H3,(H,20,21,22). The number of nitrogens with zero attached hydrogens (tertiary/aromatic N) is 2. The summed E-state index contributed by atoms with van der Waals surface area (Å²) in [6, 6.07) is 4.77. The molecule has 126 valence electrons. The smallest absolute Gasteiger partial charge is 0.358 e. The van der Waals surface area contributed by atoms with Crippen LogP contribution < -0.4 is 5.32 Å². The summed E-state index contributed by atoms with van der Waals surface area (Å²) in [7, 11) is 1.28. The second kappa shape index (κ2) is 6.73. The van der Waals surface area contributed by atoms with Crippen molar-refractivity contribution in [1.82, 2.24) is 9.97 Å². The first-order chi connectivity index (χ1) is 11.5. The van der Waals surface area contributed by atoms with Crippen LogP contribution in [0.4, 0.5) is 10.2 Å². The highest BCUT2D eigenvalue weighted by Crippen LogP contribution is 2.39. The number of rotatable bonds is 5. The quantitative estimate of drug-likeness (QED) is 0.830. The van der Waals surface area contributed by atoms with E-state index in [1.165, 1.54) is 19.2 Å². The summed E-state index contributed by atoms with van der Waals surface area (Å²) in [5.41, 5.74) is 1.64. The number of nitrogens with one attached hydrogen (secondary N) is 1. The number of carbonyl (C=O) groups is 1. The minimum Gasteiger partial charge on any atom is -0.464 e. The molecule has 1 heterocycles. The predicted octanol–water partition coefficient (Wildman–Crippen LogP) is 3.85. The van der Waals surface area contributed by atoms with E-state index in [2.05, 4.69) is 15.3 Å². The van der Waals surface area contributed by atoms with Gasteiger partial charge in [-0.15, -0.1) is 0 Å². The van der Waals surface area contributed by atoms with E-state index in [1.807, 2.05) is 13.0 Å². The lowest BCUT2D eigenvalue weighted by atomic mass is 10.1. The molecule has 0 radical (unpaired) electrons. The largest absolute Gasteiger partial charge is 0.464 e. The lowest BCUT2D eigenvalue weighted by Crippen LogP contribution is -2.12. The Kier molecular flexibility index (Phi) is 4.66. The molecule has 2 aromatic rings. The first-order valence-corrected chi connectivity index (χ1v) is 8.01. The molecule has 1 N–H and O–H groups in total. The normalized spacial score (nSPS) is 13.7. The van der Waals surface area contributed by atoms with Crippen LogP contribution in [0, 0.1) is 12.7 Å². The number of aryl methyl sites for hydroxylation is 1. The number of anilines is 1. The van der Waals surface area contributed by atoms with E-state index in [0.29, 0.717) is 18.2 Å². The molecule has 1 aromatic heterocycles. The Balaban J connectivity index is 1.88. The Bertz CT molecular complexity index is 773. The number of hydrogen-bond donors (Lipinski definition) is 1. The van der Waals surface area contributed by atoms with Crippen LogP contribution in [0.5, 0.6) is 0 Å². The molecule has 1 aliphatic carbocycles. The number of ether oxygens (including phenoxy) is 1. The fourth-order valence-electron chi connectivity index (χ4n) is 2.44. The van der Waals surface area contributed by atoms with Crippen LogP contribution >= 0.6 is 11.6 Å². The van der Waals surface area contributed by atoms with Crippen molar-refractivity contribution in [3.05, 3.63) is 51.7 Å². The van der Waals surface area contributed by atoms with Gasteiger partial charge in [0.05, 0.1) is 7.11 Å². The molecule has 0 bridgehead atoms. The van der Waals surface area contributed by atoms with Gasteiger partial charge in [-0.1, -0.05) is 17.7 Å². The Morgan fingerprint density at radius 2 is 2.12 bits per heavy atom. The van der Waals surface area contributed by atoms with Crippen LogP contribution in [0.25, 0.3) is 0 Å². The SMILES string of the molecule is COC(=O)c1nc(C2CC2)nc(NCc2cc(C)cc(F)c2)c1Cl. The molecule has 5 nitrogen and oxygen atoms in total. The maximum atomic E-state index is 13.5. The molecule has 3 rings (SSSR count). The van der Waals surface area contributed by atoms with E-state index in [-0.39, 0.29) is 22.5 Å². The van der Waals surface area contributed by atoms with Crippen LogP contribution in [0.2, 0.25) is 5.02 Å². The third-order valence-corrected chi connectivity index (χ3v) is 4.11. The van der Waals surface area contributed by atoms with Gasteiger partial charge in [0.25, 0.3) is 0 Å². The van der Waals surface area contributed by atoms with E-state index in [0.717, 1.165) is 24.0 Å². The number of halogens is 2. The van der Waals surface area contributed by atoms with Crippen molar-refractivity contribution in [3.63, 3.8) is 0 Å². The molecule has 0 amide bonds. The summed E-state index contributed by atoms with van der Waals surface area (Å²) >= 11 is 6.25. The molecule has 1 fully saturated rings. The highest BCUT2D eigenvalue weighted by Gasteiger charge is 2.30. The monoisotopic (exact) mass is 349 g/mol. The van der Waals surface area contributed by atoms with Crippen molar-refractivity contribution in [1.29, 1.82) is 0 Å². The summed E-state index contributed by atoms with van der Waals surface area (Å²) in [5.74, 6) is 0.291. The molecule has 1 aromatic carbocycles. The summed E-state index contributed by atoms with van der Waals surface area (Å²) in [6.07, 6.45) is 1.98. The highest BCUT2D eigenvalue weighted by molar-refractivity contribution is 6.35. The second-order valence-electron chi connectivity index (χ2n) is 5.85. The molecule has 0 spiro atoms. The van der Waals surface area contributed by atoms with Crippen molar-refractivity contribution in [3.8, 4) is 0 Å². The Morgan fingerprint density at radius 1 is 1.38 bits per heavy atom. The second-order valence-corrected chi connectivity index (χ2v) is 6.23. The molecule has 7 heteroatoms. The van der Waals surface area contributed by atoms with E-state index in [1.54, 1.807) is 0 Å². The summed E-state index contributed by atoms with van der Waals surface area (Å²) < 4.78 is 18.2. The van der Waals surface area contributed by atoms with Crippen LogP contribution in [0.15, 0.2) is 18.2 Å². The first-order valence-electron chi connectivity index (χ1n) is 7.63. The molecular formula is C17H17ClFN3O2. The van der Waals surface area contributed by atoms with Gasteiger partial charge in [-0.25, -0.2) is 19.2 Å². The van der Waals surface area contributed by atoms with Crippen molar-refractivity contribution < 1.29 is 13.9 Å². The first kappa shape index (κ1) is 16.6. The van der Waals surface area contributed by atoms with Crippen LogP contribution in [0.3, 0.4) is 0 Å². The van der Waals surface area contributed by atoms with Crippen molar-refractivity contribution in [2.75, 3.05) is 12.4 Å². The fraction of sp³-hybridized carbons (Fsp3) is 0.353. The van der Waals surface area contributed by atoms with Crippen molar-refractivity contribution in [2.24, 2.45) is 0 Å². The zero-order valence-electron chi connectivity index (χ0n) is 13.4. The third kappa shape index (κ3) is 3.64. The maximum Gasteiger partial charge on any atom is 0.358 e. The van der Waals surface area contributed by atoms with Crippen LogP contribution in [-0.4, -0.2) is 23.0 Å². The zero-order valence-corrected chi connectivity index (χ0v) is 14.2. The van der Waals surface area contributed by atoms with Gasteiger partial charge in [0.2, 0.25) is 0 Å². The van der Waals surface area contributed by atoms with Gasteiger partial charge in [0, 0.05) is 12.5 Å². The summed E-state index contributed by atoms with van der Waals surface area (Å²) in [4.78, 5) is 20.5. The number of aromatic nitrogens is 2. The van der Waals surface area contributed by atoms with E-state index in [4.69, 9.17) is 16.3 Å². The van der Waals surface area contributed by atoms with Gasteiger partial charge in [0.15, 0.2) is 5.69 Å². The number of methoxy groups -OCH3 is 1. The molecule has 0 atom stereocenters. The van der Waals surface area contributed by atoms with Crippen LogP contribution in [-0.2, 0) is 11.3 Å². The zero-order chi connectivity index (χ0) is 17.3. The minimum absolute atomic E-state index is 0.0500. The van der Waals surface area contributed by atoms with Crippen molar-refractivity contribution in [2.45, 2.75) is 32.2 Å². The summed E-state index contributed by atoms with van der Waals surface area (Å²) in [6.45, 7) is 2.16. The molecular weight excluding hydrogens is 333 g/mol. The molecule has 0 aliphatic heterocycles. The molecule has 1 aliphatic rings. The van der Waals surface area contributed by atoms with Crippen LogP contribution in [0.1, 0.15) is 46.2 Å². The molecule has 1 saturated carbocycles. The number of benzene rings is 1. The van der Waals surface area contributed by atoms with Gasteiger partial charge >= 0.3 is 5.97 Å². The van der Waals surface area contributed by atoms with E-state index < -0.39 is 5.97 Å². The number of carbonyl (C=O) groups excluding carboxylic acids is 1. The topological polar surface area (TPSA) is 64.1 Å². The van der Waals surface area contributed by atoms with Gasteiger partial charge < -0.3 is 10.1 Å².